The molecule has 0 bridgehead atoms. The van der Waals surface area contributed by atoms with Gasteiger partial charge in [0.15, 0.2) is 0 Å². The fourth-order valence-corrected chi connectivity index (χ4v) is 9.25. The molecule has 140 valence electrons. The van der Waals surface area contributed by atoms with Crippen molar-refractivity contribution in [2.75, 3.05) is 0 Å². The molecular formula is C22H34Cl2Zr. The van der Waals surface area contributed by atoms with Crippen LogP contribution in [0.5, 0.6) is 0 Å². The summed E-state index contributed by atoms with van der Waals surface area (Å²) in [5, 5.41) is 0. The molecule has 2 rings (SSSR count). The zero-order chi connectivity index (χ0) is 17.0. The Bertz CT molecular complexity index is 539. The van der Waals surface area contributed by atoms with Crippen LogP contribution in [0.1, 0.15) is 92.9 Å². The van der Waals surface area contributed by atoms with E-state index in [0.717, 1.165) is 0 Å². The second-order valence-electron chi connectivity index (χ2n) is 6.68. The van der Waals surface area contributed by atoms with Gasteiger partial charge in [-0.3, -0.25) is 0 Å². The Morgan fingerprint density at radius 1 is 0.520 bits per heavy atom. The average molecular weight is 461 g/mol. The molecule has 0 saturated carbocycles. The van der Waals surface area contributed by atoms with Gasteiger partial charge in [-0.05, 0) is 0 Å². The molecular weight excluding hydrogens is 426 g/mol. The first kappa shape index (κ1) is 25.4. The Balaban J connectivity index is 0.00000288. The van der Waals surface area contributed by atoms with Gasteiger partial charge in [-0.25, -0.2) is 0 Å². The first-order chi connectivity index (χ1) is 11.1. The molecule has 0 amide bonds. The standard InChI is InChI=1S/2C11H17.2ClH.Zr/c2*1-4-9-7-8-10(5-2)11(9)6-3;;;/h2*4-7H2,1-3H3;2*1H;/q;;;;+2/p-2. The van der Waals surface area contributed by atoms with Gasteiger partial charge in [0.05, 0.1) is 0 Å². The van der Waals surface area contributed by atoms with E-state index in [1.807, 2.05) is 6.56 Å². The van der Waals surface area contributed by atoms with Crippen LogP contribution in [0.3, 0.4) is 0 Å². The molecule has 0 spiro atoms. The molecule has 2 aliphatic carbocycles. The van der Waals surface area contributed by atoms with Crippen molar-refractivity contribution < 1.29 is 48.0 Å². The van der Waals surface area contributed by atoms with Crippen molar-refractivity contribution in [1.82, 2.24) is 0 Å². The Kier molecular flexibility index (Phi) is 12.2. The summed E-state index contributed by atoms with van der Waals surface area (Å²) in [6.07, 6.45) is 10.2. The van der Waals surface area contributed by atoms with E-state index in [9.17, 15) is 0 Å². The molecule has 0 saturated heterocycles. The van der Waals surface area contributed by atoms with Crippen molar-refractivity contribution in [3.05, 3.63) is 40.0 Å². The second kappa shape index (κ2) is 12.0. The molecule has 0 nitrogen and oxygen atoms in total. The minimum Gasteiger partial charge on any atom is -1.00 e. The zero-order valence-corrected chi connectivity index (χ0v) is 20.9. The van der Waals surface area contributed by atoms with Crippen LogP contribution in [0.2, 0.25) is 0 Å². The summed E-state index contributed by atoms with van der Waals surface area (Å²) in [7, 11) is 0. The van der Waals surface area contributed by atoms with Gasteiger partial charge in [0.1, 0.15) is 0 Å². The van der Waals surface area contributed by atoms with E-state index in [1.165, 1.54) is 51.4 Å². The van der Waals surface area contributed by atoms with E-state index in [2.05, 4.69) is 41.5 Å². The minimum atomic E-state index is -0.574. The molecule has 0 fully saturated rings. The molecule has 3 heteroatoms. The Hall–Kier alpha value is 0.423. The maximum atomic E-state index is 2.37. The predicted molar refractivity (Wildman–Crippen MR) is 99.1 cm³/mol. The fourth-order valence-electron chi connectivity index (χ4n) is 4.52. The number of rotatable bonds is 8. The Morgan fingerprint density at radius 2 is 0.840 bits per heavy atom. The molecule has 0 atom stereocenters. The van der Waals surface area contributed by atoms with Crippen LogP contribution in [0.25, 0.3) is 0 Å². The van der Waals surface area contributed by atoms with Gasteiger partial charge in [0, 0.05) is 0 Å². The zero-order valence-electron chi connectivity index (χ0n) is 16.9. The molecule has 2 aliphatic rings. The van der Waals surface area contributed by atoms with Crippen molar-refractivity contribution in [1.29, 1.82) is 0 Å². The largest absolute Gasteiger partial charge is 1.00 e. The van der Waals surface area contributed by atoms with Crippen molar-refractivity contribution in [3.8, 4) is 0 Å². The van der Waals surface area contributed by atoms with E-state index in [4.69, 9.17) is 0 Å². The molecule has 0 aromatic carbocycles. The average Bonchev–Trinajstić information content (AvgIpc) is 3.10. The monoisotopic (exact) mass is 458 g/mol. The Labute approximate surface area is 180 Å². The maximum absolute atomic E-state index is 2.37. The van der Waals surface area contributed by atoms with E-state index in [0.29, 0.717) is 0 Å². The summed E-state index contributed by atoms with van der Waals surface area (Å²) in [5.41, 5.74) is 10.6. The number of allylic oxidation sites excluding steroid dienone is 8. The summed E-state index contributed by atoms with van der Waals surface area (Å²) >= 11 is -0.574. The number of hydrogen-bond donors (Lipinski definition) is 0. The maximum Gasteiger partial charge on any atom is -1.00 e. The van der Waals surface area contributed by atoms with E-state index >= 15 is 0 Å². The summed E-state index contributed by atoms with van der Waals surface area (Å²) < 4.78 is 3.83. The van der Waals surface area contributed by atoms with E-state index < -0.39 is 23.2 Å². The summed E-state index contributed by atoms with van der Waals surface area (Å²) in [6.45, 7) is 14.2. The fraction of sp³-hybridized carbons (Fsp3) is 0.636. The Morgan fingerprint density at radius 3 is 1.08 bits per heavy atom. The molecule has 0 heterocycles. The molecule has 0 aromatic rings. The number of halogens is 2. The van der Waals surface area contributed by atoms with Crippen LogP contribution in [0.4, 0.5) is 0 Å². The van der Waals surface area contributed by atoms with Gasteiger partial charge < -0.3 is 24.8 Å². The molecule has 25 heavy (non-hydrogen) atoms. The topological polar surface area (TPSA) is 0 Å². The predicted octanol–water partition coefficient (Wildman–Crippen LogP) is 1.45. The van der Waals surface area contributed by atoms with Crippen molar-refractivity contribution in [2.45, 2.75) is 92.9 Å². The first-order valence-corrected chi connectivity index (χ1v) is 12.2. The molecule has 0 N–H and O–H groups in total. The van der Waals surface area contributed by atoms with Gasteiger partial charge >= 0.3 is 156 Å². The van der Waals surface area contributed by atoms with Crippen LogP contribution in [0, 0.1) is 0 Å². The van der Waals surface area contributed by atoms with Crippen LogP contribution >= 0.6 is 0 Å². The van der Waals surface area contributed by atoms with E-state index in [-0.39, 0.29) is 24.8 Å². The quantitative estimate of drug-likeness (QED) is 0.514. The molecule has 0 aromatic heterocycles. The van der Waals surface area contributed by atoms with Crippen LogP contribution in [-0.2, 0) is 23.2 Å². The van der Waals surface area contributed by atoms with Crippen molar-refractivity contribution in [2.24, 2.45) is 0 Å². The van der Waals surface area contributed by atoms with Gasteiger partial charge in [0.2, 0.25) is 0 Å². The van der Waals surface area contributed by atoms with Crippen molar-refractivity contribution in [3.63, 3.8) is 0 Å². The van der Waals surface area contributed by atoms with Crippen LogP contribution in [-0.4, -0.2) is 0 Å². The normalized spacial score (nSPS) is 17.2. The molecule has 0 radical (unpaired) electrons. The van der Waals surface area contributed by atoms with Gasteiger partial charge in [-0.2, -0.15) is 0 Å². The third-order valence-corrected chi connectivity index (χ3v) is 9.50. The minimum absolute atomic E-state index is 0. The summed E-state index contributed by atoms with van der Waals surface area (Å²) in [6, 6.07) is 0. The van der Waals surface area contributed by atoms with Gasteiger partial charge in [0.25, 0.3) is 0 Å². The summed E-state index contributed by atoms with van der Waals surface area (Å²) in [5.74, 6) is 0. The number of hydrogen-bond acceptors (Lipinski definition) is 0. The third kappa shape index (κ3) is 5.24. The second-order valence-corrected chi connectivity index (χ2v) is 10.3. The van der Waals surface area contributed by atoms with Crippen LogP contribution in [0.15, 0.2) is 40.0 Å². The van der Waals surface area contributed by atoms with Gasteiger partial charge in [-0.15, -0.1) is 0 Å². The molecule has 0 aliphatic heterocycles. The van der Waals surface area contributed by atoms with Crippen LogP contribution < -0.4 is 24.8 Å². The van der Waals surface area contributed by atoms with E-state index in [1.54, 1.807) is 33.4 Å². The van der Waals surface area contributed by atoms with Crippen molar-refractivity contribution >= 4 is 0 Å². The molecule has 0 unspecified atom stereocenters. The smallest absolute Gasteiger partial charge is 1.00 e. The first-order valence-electron chi connectivity index (χ1n) is 9.78. The SMILES string of the molecule is CCC1=C(CC)C(CC)=[C]([Zr+2][C]2=C(CC)C(CC)=C(CC)C2)C1.[Cl-].[Cl-]. The third-order valence-electron chi connectivity index (χ3n) is 5.66. The van der Waals surface area contributed by atoms with Gasteiger partial charge in [-0.1, -0.05) is 0 Å². The summed E-state index contributed by atoms with van der Waals surface area (Å²) in [4.78, 5) is 0.